The molecule has 0 aromatic heterocycles. The van der Waals surface area contributed by atoms with Crippen LogP contribution in [0.4, 0.5) is 22.7 Å². The van der Waals surface area contributed by atoms with E-state index in [0.717, 1.165) is 0 Å². The topological polar surface area (TPSA) is 262 Å². The van der Waals surface area contributed by atoms with E-state index < -0.39 is 44.1 Å². The van der Waals surface area contributed by atoms with Crippen LogP contribution >= 0.6 is 0 Å². The van der Waals surface area contributed by atoms with Crippen molar-refractivity contribution in [1.82, 2.24) is 20.7 Å². The fraction of sp³-hybridized carbons (Fsp3) is 0.263. The molecule has 4 aromatic rings. The smallest absolute Gasteiger partial charge is 0.269 e. The Morgan fingerprint density at radius 3 is 1.00 bits per heavy atom. The van der Waals surface area contributed by atoms with E-state index in [1.807, 2.05) is 27.7 Å². The molecule has 2 amide bonds. The third kappa shape index (κ3) is 9.72. The molecule has 0 radical (unpaired) electrons. The molecule has 20 nitrogen and oxygen atoms in total. The lowest BCUT2D eigenvalue weighted by Crippen LogP contribution is -2.33. The number of nitrogens with zero attached hydrogens (tertiary/aromatic N) is 8. The minimum atomic E-state index is -0.579. The zero-order chi connectivity index (χ0) is 42.3. The molecular formula is C38H38N10O10. The number of hydrazone groups is 2. The second kappa shape index (κ2) is 18.1. The van der Waals surface area contributed by atoms with Crippen molar-refractivity contribution in [2.24, 2.45) is 22.0 Å². The molecule has 6 rings (SSSR count). The van der Waals surface area contributed by atoms with E-state index in [2.05, 4.69) is 20.8 Å². The van der Waals surface area contributed by atoms with Gasteiger partial charge in [0.05, 0.1) is 44.2 Å². The first-order valence-corrected chi connectivity index (χ1v) is 17.8. The van der Waals surface area contributed by atoms with Gasteiger partial charge in [-0.15, -0.1) is 0 Å². The molecule has 2 saturated heterocycles. The lowest BCUT2D eigenvalue weighted by Gasteiger charge is -2.19. The third-order valence-corrected chi connectivity index (χ3v) is 9.19. The van der Waals surface area contributed by atoms with E-state index in [0.29, 0.717) is 22.3 Å². The normalized spacial score (nSPS) is 19.3. The number of carbonyl (C=O) groups excluding carboxylic acids is 2. The lowest BCUT2D eigenvalue weighted by molar-refractivity contribution is -0.385. The fourth-order valence-electron chi connectivity index (χ4n) is 6.02. The Labute approximate surface area is 330 Å². The minimum Gasteiger partial charge on any atom is -0.280 e. The van der Waals surface area contributed by atoms with Gasteiger partial charge in [-0.05, 0) is 82.6 Å². The molecular weight excluding hydrogens is 756 g/mol. The second-order valence-electron chi connectivity index (χ2n) is 13.8. The highest BCUT2D eigenvalue weighted by atomic mass is 16.6. The number of hydrogen-bond acceptors (Lipinski definition) is 14. The van der Waals surface area contributed by atoms with Gasteiger partial charge in [0.25, 0.3) is 34.6 Å². The molecule has 2 fully saturated rings. The van der Waals surface area contributed by atoms with Gasteiger partial charge in [-0.25, -0.2) is 10.0 Å². The van der Waals surface area contributed by atoms with Crippen LogP contribution in [0.1, 0.15) is 62.3 Å². The summed E-state index contributed by atoms with van der Waals surface area (Å²) < 4.78 is 0. The Kier molecular flexibility index (Phi) is 13.0. The van der Waals surface area contributed by atoms with Gasteiger partial charge in [0.1, 0.15) is 12.3 Å². The first kappa shape index (κ1) is 41.8. The first-order chi connectivity index (χ1) is 27.5. The predicted molar refractivity (Wildman–Crippen MR) is 210 cm³/mol. The molecule has 2 aliphatic heterocycles. The number of hydrogen-bond donors (Lipinski definition) is 2. The van der Waals surface area contributed by atoms with Crippen molar-refractivity contribution in [1.29, 1.82) is 0 Å². The summed E-state index contributed by atoms with van der Waals surface area (Å²) >= 11 is 0. The lowest BCUT2D eigenvalue weighted by atomic mass is 10.1. The molecule has 2 N–H and O–H groups in total. The van der Waals surface area contributed by atoms with Crippen LogP contribution in [0.2, 0.25) is 0 Å². The van der Waals surface area contributed by atoms with Crippen LogP contribution < -0.4 is 10.6 Å². The number of amides is 2. The largest absolute Gasteiger partial charge is 0.280 e. The fourth-order valence-corrected chi connectivity index (χ4v) is 6.02. The molecule has 0 spiro atoms. The van der Waals surface area contributed by atoms with Gasteiger partial charge in [0, 0.05) is 48.5 Å². The average Bonchev–Trinajstić information content (AvgIpc) is 3.72. The number of benzene rings is 4. The zero-order valence-corrected chi connectivity index (χ0v) is 31.5. The van der Waals surface area contributed by atoms with Crippen LogP contribution in [0.25, 0.3) is 0 Å². The van der Waals surface area contributed by atoms with Gasteiger partial charge >= 0.3 is 0 Å². The summed E-state index contributed by atoms with van der Waals surface area (Å²) in [4.78, 5) is 66.9. The number of carbonyl (C=O) groups is 2. The summed E-state index contributed by atoms with van der Waals surface area (Å²) in [5.74, 6) is -0.409. The van der Waals surface area contributed by atoms with E-state index in [1.54, 1.807) is 24.3 Å². The van der Waals surface area contributed by atoms with Crippen LogP contribution in [-0.4, -0.2) is 66.0 Å². The summed E-state index contributed by atoms with van der Waals surface area (Å²) in [5, 5.41) is 60.9. The molecule has 4 aromatic carbocycles. The SMILES string of the molecule is CC(C)[C@@H]1N[C@@H](c2ccc([N+](=O)[O-])cc2)N(/N=C/c2ccc([N+](=O)[O-])cc2)C1=O.CC(C)[C@@H]1N[C@H](c2ccc([N+](=O)[O-])cc2)N(/N=C/c2ccc([N+](=O)[O-])cc2)C1=O. The van der Waals surface area contributed by atoms with Crippen LogP contribution in [-0.2, 0) is 9.59 Å². The van der Waals surface area contributed by atoms with Gasteiger partial charge in [0.15, 0.2) is 0 Å². The number of non-ortho nitro benzene ring substituents is 4. The molecule has 0 unspecified atom stereocenters. The van der Waals surface area contributed by atoms with E-state index in [-0.39, 0.29) is 46.4 Å². The highest BCUT2D eigenvalue weighted by Crippen LogP contribution is 2.31. The molecule has 58 heavy (non-hydrogen) atoms. The molecule has 0 saturated carbocycles. The summed E-state index contributed by atoms with van der Waals surface area (Å²) in [7, 11) is 0. The van der Waals surface area contributed by atoms with Crippen molar-refractivity contribution in [3.63, 3.8) is 0 Å². The van der Waals surface area contributed by atoms with Crippen molar-refractivity contribution in [2.75, 3.05) is 0 Å². The second-order valence-corrected chi connectivity index (χ2v) is 13.8. The Morgan fingerprint density at radius 1 is 0.500 bits per heavy atom. The van der Waals surface area contributed by atoms with Gasteiger partial charge in [-0.1, -0.05) is 27.7 Å². The molecule has 0 aliphatic carbocycles. The van der Waals surface area contributed by atoms with Crippen LogP contribution in [0.3, 0.4) is 0 Å². The summed E-state index contributed by atoms with van der Waals surface area (Å²) in [6.07, 6.45) is 1.74. The van der Waals surface area contributed by atoms with Crippen molar-refractivity contribution in [2.45, 2.75) is 52.1 Å². The maximum atomic E-state index is 12.8. The Balaban J connectivity index is 0.000000221. The maximum Gasteiger partial charge on any atom is 0.269 e. The molecule has 20 heteroatoms. The van der Waals surface area contributed by atoms with Gasteiger partial charge in [-0.3, -0.25) is 60.7 Å². The predicted octanol–water partition coefficient (Wildman–Crippen LogP) is 5.98. The third-order valence-electron chi connectivity index (χ3n) is 9.19. The molecule has 2 heterocycles. The highest BCUT2D eigenvalue weighted by molar-refractivity contribution is 5.88. The first-order valence-electron chi connectivity index (χ1n) is 17.8. The molecule has 300 valence electrons. The summed E-state index contributed by atoms with van der Waals surface area (Å²) in [5.41, 5.74) is 2.35. The summed E-state index contributed by atoms with van der Waals surface area (Å²) in [6.45, 7) is 7.63. The molecule has 0 bridgehead atoms. The van der Waals surface area contributed by atoms with E-state index in [9.17, 15) is 50.0 Å². The van der Waals surface area contributed by atoms with E-state index >= 15 is 0 Å². The van der Waals surface area contributed by atoms with Gasteiger partial charge in [0.2, 0.25) is 0 Å². The summed E-state index contributed by atoms with van der Waals surface area (Å²) in [6, 6.07) is 22.5. The van der Waals surface area contributed by atoms with Crippen LogP contribution in [0.5, 0.6) is 0 Å². The standard InChI is InChI=1S/2C19H19N5O5/c2*1-12(2)17-19(25)22(20-11-13-3-7-15(8-4-13)23(26)27)18(21-17)14-5-9-16(10-6-14)24(28)29/h2*3-12,17-18,21H,1-2H3/b2*20-11+/t17-,18+;17-,18-/m00/s1. The quantitative estimate of drug-likeness (QED) is 0.0953. The number of nitro benzene ring substituents is 4. The molecule has 2 aliphatic rings. The highest BCUT2D eigenvalue weighted by Gasteiger charge is 2.42. The van der Waals surface area contributed by atoms with Crippen molar-refractivity contribution >= 4 is 47.0 Å². The zero-order valence-electron chi connectivity index (χ0n) is 31.5. The van der Waals surface area contributed by atoms with Crippen molar-refractivity contribution < 1.29 is 29.3 Å². The van der Waals surface area contributed by atoms with E-state index in [4.69, 9.17) is 0 Å². The van der Waals surface area contributed by atoms with Crippen molar-refractivity contribution in [3.05, 3.63) is 160 Å². The Hall–Kier alpha value is -7.32. The van der Waals surface area contributed by atoms with E-state index in [1.165, 1.54) is 95.2 Å². The van der Waals surface area contributed by atoms with Crippen LogP contribution in [0.15, 0.2) is 107 Å². The number of nitrogens with one attached hydrogen (secondary N) is 2. The van der Waals surface area contributed by atoms with Crippen LogP contribution in [0, 0.1) is 52.3 Å². The number of rotatable bonds is 12. The monoisotopic (exact) mass is 794 g/mol. The van der Waals surface area contributed by atoms with Gasteiger partial charge < -0.3 is 0 Å². The number of nitro groups is 4. The Bertz CT molecular complexity index is 2070. The van der Waals surface area contributed by atoms with Gasteiger partial charge in [-0.2, -0.15) is 10.2 Å². The molecule has 4 atom stereocenters. The minimum absolute atomic E-state index is 0.0163. The average molecular weight is 795 g/mol. The maximum absolute atomic E-state index is 12.8. The Morgan fingerprint density at radius 2 is 0.759 bits per heavy atom. The van der Waals surface area contributed by atoms with Crippen molar-refractivity contribution in [3.8, 4) is 0 Å².